The molecule has 21 heavy (non-hydrogen) atoms. The summed E-state index contributed by atoms with van der Waals surface area (Å²) >= 11 is 0. The lowest BCUT2D eigenvalue weighted by atomic mass is 10.0. The van der Waals surface area contributed by atoms with Crippen LogP contribution in [0, 0.1) is 0 Å². The molecule has 0 aliphatic carbocycles. The second kappa shape index (κ2) is 7.60. The van der Waals surface area contributed by atoms with Gasteiger partial charge in [0.05, 0.1) is 7.11 Å². The fourth-order valence-electron chi connectivity index (χ4n) is 2.22. The molecule has 2 aromatic rings. The third-order valence-electron chi connectivity index (χ3n) is 3.34. The highest BCUT2D eigenvalue weighted by Crippen LogP contribution is 2.28. The minimum absolute atomic E-state index is 0.281. The Hall–Kier alpha value is -2.13. The number of methoxy groups -OCH3 is 1. The van der Waals surface area contributed by atoms with Gasteiger partial charge in [-0.3, -0.25) is 0 Å². The van der Waals surface area contributed by atoms with Gasteiger partial charge in [-0.15, -0.1) is 0 Å². The molecule has 0 fully saturated rings. The predicted octanol–water partition coefficient (Wildman–Crippen LogP) is 3.74. The van der Waals surface area contributed by atoms with Crippen molar-refractivity contribution in [1.82, 2.24) is 0 Å². The van der Waals surface area contributed by atoms with Gasteiger partial charge in [-0.2, -0.15) is 0 Å². The van der Waals surface area contributed by atoms with Gasteiger partial charge in [0.15, 0.2) is 6.10 Å². The average molecular weight is 284 g/mol. The van der Waals surface area contributed by atoms with Gasteiger partial charge in [0.2, 0.25) is 0 Å². The van der Waals surface area contributed by atoms with Crippen molar-refractivity contribution in [1.29, 1.82) is 0 Å². The second-order valence-corrected chi connectivity index (χ2v) is 4.76. The van der Waals surface area contributed by atoms with Crippen molar-refractivity contribution in [2.45, 2.75) is 25.6 Å². The van der Waals surface area contributed by atoms with E-state index in [1.165, 1.54) is 7.11 Å². The number of hydrogen-bond donors (Lipinski definition) is 0. The standard InChI is InChI=1S/C18H20O3/c1-3-16(18(19)20-2)21-17(14-10-6-4-7-11-14)15-12-8-5-9-13-15/h4-13,16-17H,3H2,1-2H3. The molecule has 0 aliphatic heterocycles. The number of carbonyl (C=O) groups excluding carboxylic acids is 1. The summed E-state index contributed by atoms with van der Waals surface area (Å²) in [7, 11) is 1.38. The van der Waals surface area contributed by atoms with Crippen molar-refractivity contribution < 1.29 is 14.3 Å². The van der Waals surface area contributed by atoms with Crippen LogP contribution in [-0.2, 0) is 14.3 Å². The van der Waals surface area contributed by atoms with E-state index in [1.807, 2.05) is 67.6 Å². The minimum atomic E-state index is -0.569. The van der Waals surface area contributed by atoms with Crippen molar-refractivity contribution in [2.24, 2.45) is 0 Å². The molecule has 3 heteroatoms. The molecule has 1 atom stereocenters. The first kappa shape index (κ1) is 15.3. The zero-order valence-corrected chi connectivity index (χ0v) is 12.4. The summed E-state index contributed by atoms with van der Waals surface area (Å²) in [6.07, 6.45) is -0.278. The maximum Gasteiger partial charge on any atom is 0.335 e. The molecule has 0 N–H and O–H groups in total. The Bertz CT molecular complexity index is 512. The van der Waals surface area contributed by atoms with Crippen molar-refractivity contribution in [3.8, 4) is 0 Å². The largest absolute Gasteiger partial charge is 0.467 e. The lowest BCUT2D eigenvalue weighted by Gasteiger charge is -2.23. The number of esters is 1. The first-order chi connectivity index (χ1) is 10.3. The van der Waals surface area contributed by atoms with E-state index >= 15 is 0 Å². The molecule has 0 bridgehead atoms. The molecule has 110 valence electrons. The van der Waals surface area contributed by atoms with Crippen molar-refractivity contribution in [2.75, 3.05) is 7.11 Å². The highest BCUT2D eigenvalue weighted by molar-refractivity contribution is 5.74. The Morgan fingerprint density at radius 3 is 1.81 bits per heavy atom. The molecule has 2 rings (SSSR count). The van der Waals surface area contributed by atoms with Crippen LogP contribution in [0.4, 0.5) is 0 Å². The van der Waals surface area contributed by atoms with Gasteiger partial charge in [-0.25, -0.2) is 4.79 Å². The average Bonchev–Trinajstić information content (AvgIpc) is 2.57. The Kier molecular flexibility index (Phi) is 5.52. The van der Waals surface area contributed by atoms with E-state index in [2.05, 4.69) is 0 Å². The van der Waals surface area contributed by atoms with Gasteiger partial charge in [0, 0.05) is 0 Å². The number of hydrogen-bond acceptors (Lipinski definition) is 3. The molecule has 1 unspecified atom stereocenters. The van der Waals surface area contributed by atoms with Crippen LogP contribution >= 0.6 is 0 Å². The summed E-state index contributed by atoms with van der Waals surface area (Å²) in [4.78, 5) is 11.8. The van der Waals surface area contributed by atoms with E-state index in [0.717, 1.165) is 11.1 Å². The Labute approximate surface area is 125 Å². The van der Waals surface area contributed by atoms with Crippen LogP contribution < -0.4 is 0 Å². The molecule has 0 saturated heterocycles. The highest BCUT2D eigenvalue weighted by Gasteiger charge is 2.24. The molecule has 0 aromatic heterocycles. The van der Waals surface area contributed by atoms with E-state index in [-0.39, 0.29) is 12.1 Å². The monoisotopic (exact) mass is 284 g/mol. The van der Waals surface area contributed by atoms with E-state index in [1.54, 1.807) is 0 Å². The van der Waals surface area contributed by atoms with Crippen LogP contribution in [0.2, 0.25) is 0 Å². The maximum absolute atomic E-state index is 11.8. The van der Waals surface area contributed by atoms with Crippen LogP contribution in [0.15, 0.2) is 60.7 Å². The molecule has 0 radical (unpaired) electrons. The summed E-state index contributed by atoms with van der Waals surface area (Å²) in [5.41, 5.74) is 2.04. The third-order valence-corrected chi connectivity index (χ3v) is 3.34. The molecule has 3 nitrogen and oxygen atoms in total. The van der Waals surface area contributed by atoms with Crippen LogP contribution in [0.25, 0.3) is 0 Å². The minimum Gasteiger partial charge on any atom is -0.467 e. The van der Waals surface area contributed by atoms with Crippen molar-refractivity contribution in [3.63, 3.8) is 0 Å². The van der Waals surface area contributed by atoms with Crippen molar-refractivity contribution in [3.05, 3.63) is 71.8 Å². The number of ether oxygens (including phenoxy) is 2. The zero-order chi connectivity index (χ0) is 15.1. The van der Waals surface area contributed by atoms with E-state index in [4.69, 9.17) is 9.47 Å². The fourth-order valence-corrected chi connectivity index (χ4v) is 2.22. The lowest BCUT2D eigenvalue weighted by Crippen LogP contribution is -2.27. The predicted molar refractivity (Wildman–Crippen MR) is 81.9 cm³/mol. The van der Waals surface area contributed by atoms with Gasteiger partial charge in [0.25, 0.3) is 0 Å². The van der Waals surface area contributed by atoms with Crippen LogP contribution in [-0.4, -0.2) is 19.2 Å². The van der Waals surface area contributed by atoms with E-state index < -0.39 is 6.10 Å². The normalized spacial score (nSPS) is 12.1. The Morgan fingerprint density at radius 1 is 0.952 bits per heavy atom. The molecular weight excluding hydrogens is 264 g/mol. The van der Waals surface area contributed by atoms with Crippen LogP contribution in [0.3, 0.4) is 0 Å². The lowest BCUT2D eigenvalue weighted by molar-refractivity contribution is -0.157. The summed E-state index contributed by atoms with van der Waals surface area (Å²) in [6.45, 7) is 1.91. The van der Waals surface area contributed by atoms with Gasteiger partial charge < -0.3 is 9.47 Å². The smallest absolute Gasteiger partial charge is 0.335 e. The number of rotatable bonds is 6. The van der Waals surface area contributed by atoms with Gasteiger partial charge in [-0.1, -0.05) is 67.6 Å². The first-order valence-corrected chi connectivity index (χ1v) is 7.09. The van der Waals surface area contributed by atoms with Crippen LogP contribution in [0.5, 0.6) is 0 Å². The topological polar surface area (TPSA) is 35.5 Å². The Balaban J connectivity index is 2.31. The maximum atomic E-state index is 11.8. The number of carbonyl (C=O) groups is 1. The second-order valence-electron chi connectivity index (χ2n) is 4.76. The molecule has 2 aromatic carbocycles. The van der Waals surface area contributed by atoms with Gasteiger partial charge in [0.1, 0.15) is 6.10 Å². The van der Waals surface area contributed by atoms with Crippen LogP contribution in [0.1, 0.15) is 30.6 Å². The van der Waals surface area contributed by atoms with Crippen molar-refractivity contribution >= 4 is 5.97 Å². The SMILES string of the molecule is CCC(OC(c1ccccc1)c1ccccc1)C(=O)OC. The summed E-state index contributed by atoms with van der Waals surface area (Å²) in [5, 5.41) is 0. The molecule has 0 heterocycles. The third kappa shape index (κ3) is 3.92. The zero-order valence-electron chi connectivity index (χ0n) is 12.4. The quantitative estimate of drug-likeness (QED) is 0.758. The summed E-state index contributed by atoms with van der Waals surface area (Å²) < 4.78 is 10.9. The van der Waals surface area contributed by atoms with E-state index in [0.29, 0.717) is 6.42 Å². The highest BCUT2D eigenvalue weighted by atomic mass is 16.6. The molecule has 0 spiro atoms. The van der Waals surface area contributed by atoms with E-state index in [9.17, 15) is 4.79 Å². The first-order valence-electron chi connectivity index (χ1n) is 7.09. The Morgan fingerprint density at radius 2 is 1.43 bits per heavy atom. The molecular formula is C18H20O3. The molecule has 0 saturated carbocycles. The van der Waals surface area contributed by atoms with Gasteiger partial charge in [-0.05, 0) is 17.5 Å². The van der Waals surface area contributed by atoms with Gasteiger partial charge >= 0.3 is 5.97 Å². The molecule has 0 aliphatic rings. The number of benzene rings is 2. The summed E-state index contributed by atoms with van der Waals surface area (Å²) in [5.74, 6) is -0.339. The molecule has 0 amide bonds. The summed E-state index contributed by atoms with van der Waals surface area (Å²) in [6, 6.07) is 19.8. The fraction of sp³-hybridized carbons (Fsp3) is 0.278.